The van der Waals surface area contributed by atoms with Crippen LogP contribution in [0.4, 0.5) is 5.69 Å². The van der Waals surface area contributed by atoms with Crippen LogP contribution in [0.2, 0.25) is 0 Å². The van der Waals surface area contributed by atoms with Gasteiger partial charge in [0, 0.05) is 6.20 Å². The number of hydrogen-bond acceptors (Lipinski definition) is 6. The van der Waals surface area contributed by atoms with Crippen LogP contribution in [0.1, 0.15) is 12.8 Å². The predicted octanol–water partition coefficient (Wildman–Crippen LogP) is -0.713. The van der Waals surface area contributed by atoms with Gasteiger partial charge in [-0.25, -0.2) is 16.8 Å². The van der Waals surface area contributed by atoms with Crippen molar-refractivity contribution in [1.29, 1.82) is 0 Å². The molecule has 0 unspecified atom stereocenters. The minimum absolute atomic E-state index is 0.0565. The molecule has 1 aliphatic heterocycles. The third kappa shape index (κ3) is 4.17. The first-order valence-electron chi connectivity index (χ1n) is 6.14. The molecular weight excluding hydrogens is 322 g/mol. The van der Waals surface area contributed by atoms with Crippen molar-refractivity contribution in [2.45, 2.75) is 24.6 Å². The summed E-state index contributed by atoms with van der Waals surface area (Å²) in [4.78, 5) is 10.5. The fourth-order valence-corrected chi connectivity index (χ4v) is 5.31. The summed E-state index contributed by atoms with van der Waals surface area (Å²) in [5.41, 5.74) is 0.157. The van der Waals surface area contributed by atoms with E-state index in [0.29, 0.717) is 0 Å². The molecule has 118 valence electrons. The zero-order valence-electron chi connectivity index (χ0n) is 11.0. The summed E-state index contributed by atoms with van der Waals surface area (Å²) in [5, 5.41) is 11.6. The maximum atomic E-state index is 12.1. The van der Waals surface area contributed by atoms with Gasteiger partial charge in [-0.05, 0) is 12.8 Å². The van der Waals surface area contributed by atoms with Crippen molar-refractivity contribution in [2.24, 2.45) is 0 Å². The molecule has 2 rings (SSSR count). The molecule has 0 aromatic carbocycles. The number of nitrogens with zero attached hydrogens (tertiary/aromatic N) is 2. The molecule has 1 aromatic rings. The van der Waals surface area contributed by atoms with E-state index in [1.807, 2.05) is 0 Å². The van der Waals surface area contributed by atoms with Crippen LogP contribution in [0.15, 0.2) is 12.4 Å². The minimum Gasteiger partial charge on any atom is -0.480 e. The molecule has 1 aliphatic rings. The van der Waals surface area contributed by atoms with Gasteiger partial charge in [0.15, 0.2) is 0 Å². The average molecular weight is 337 g/mol. The van der Waals surface area contributed by atoms with Gasteiger partial charge in [-0.2, -0.15) is 5.10 Å². The number of carboxylic acid groups (broad SMARTS) is 1. The lowest BCUT2D eigenvalue weighted by atomic mass is 10.2. The SMILES string of the molecule is O=C(O)Cn1cc(NS(=O)(=O)C2CCS(=O)(=O)CC2)cn1. The molecular formula is C10H15N3O6S2. The van der Waals surface area contributed by atoms with E-state index >= 15 is 0 Å². The van der Waals surface area contributed by atoms with E-state index in [4.69, 9.17) is 5.11 Å². The Hall–Kier alpha value is -1.62. The Bertz CT molecular complexity index is 723. The molecule has 0 saturated carbocycles. The number of hydrogen-bond donors (Lipinski definition) is 2. The molecule has 0 spiro atoms. The van der Waals surface area contributed by atoms with E-state index in [0.717, 1.165) is 4.68 Å². The second-order valence-electron chi connectivity index (χ2n) is 4.82. The lowest BCUT2D eigenvalue weighted by molar-refractivity contribution is -0.137. The molecule has 2 N–H and O–H groups in total. The Labute approximate surface area is 121 Å². The van der Waals surface area contributed by atoms with Crippen LogP contribution in [0, 0.1) is 0 Å². The smallest absolute Gasteiger partial charge is 0.325 e. The van der Waals surface area contributed by atoms with Gasteiger partial charge in [0.25, 0.3) is 0 Å². The molecule has 0 amide bonds. The third-order valence-corrected chi connectivity index (χ3v) is 6.72. The van der Waals surface area contributed by atoms with Crippen molar-refractivity contribution in [3.05, 3.63) is 12.4 Å². The summed E-state index contributed by atoms with van der Waals surface area (Å²) in [6.07, 6.45) is 2.59. The van der Waals surface area contributed by atoms with Crippen LogP contribution in [0.5, 0.6) is 0 Å². The summed E-state index contributed by atoms with van der Waals surface area (Å²) >= 11 is 0. The van der Waals surface area contributed by atoms with Gasteiger partial charge in [-0.1, -0.05) is 0 Å². The molecule has 0 bridgehead atoms. The Morgan fingerprint density at radius 1 is 1.43 bits per heavy atom. The van der Waals surface area contributed by atoms with Crippen LogP contribution in [0.3, 0.4) is 0 Å². The van der Waals surface area contributed by atoms with E-state index < -0.39 is 31.1 Å². The van der Waals surface area contributed by atoms with Crippen LogP contribution in [-0.2, 0) is 31.2 Å². The highest BCUT2D eigenvalue weighted by Gasteiger charge is 2.32. The summed E-state index contributed by atoms with van der Waals surface area (Å²) in [5.74, 6) is -1.38. The Morgan fingerprint density at radius 2 is 2.05 bits per heavy atom. The second kappa shape index (κ2) is 5.64. The number of aromatic nitrogens is 2. The third-order valence-electron chi connectivity index (χ3n) is 3.13. The molecule has 1 saturated heterocycles. The highest BCUT2D eigenvalue weighted by atomic mass is 32.2. The lowest BCUT2D eigenvalue weighted by Crippen LogP contribution is -2.35. The normalized spacial score (nSPS) is 19.2. The lowest BCUT2D eigenvalue weighted by Gasteiger charge is -2.22. The van der Waals surface area contributed by atoms with Crippen molar-refractivity contribution >= 4 is 31.5 Å². The quantitative estimate of drug-likeness (QED) is 0.724. The average Bonchev–Trinajstić information content (AvgIpc) is 2.74. The van der Waals surface area contributed by atoms with Crippen LogP contribution < -0.4 is 4.72 Å². The molecule has 21 heavy (non-hydrogen) atoms. The van der Waals surface area contributed by atoms with E-state index in [9.17, 15) is 21.6 Å². The zero-order chi connectivity index (χ0) is 15.7. The first kappa shape index (κ1) is 15.8. The number of anilines is 1. The zero-order valence-corrected chi connectivity index (χ0v) is 12.6. The number of carboxylic acids is 1. The van der Waals surface area contributed by atoms with Gasteiger partial charge in [0.05, 0.1) is 28.6 Å². The van der Waals surface area contributed by atoms with Gasteiger partial charge in [0.1, 0.15) is 16.4 Å². The number of sulfone groups is 1. The summed E-state index contributed by atoms with van der Waals surface area (Å²) < 4.78 is 50.3. The van der Waals surface area contributed by atoms with E-state index in [1.54, 1.807) is 0 Å². The minimum atomic E-state index is -3.72. The molecule has 1 fully saturated rings. The van der Waals surface area contributed by atoms with Crippen molar-refractivity contribution in [1.82, 2.24) is 9.78 Å². The van der Waals surface area contributed by atoms with Gasteiger partial charge >= 0.3 is 5.97 Å². The number of aliphatic carboxylic acids is 1. The molecule has 1 aromatic heterocycles. The Balaban J connectivity index is 2.04. The fraction of sp³-hybridized carbons (Fsp3) is 0.600. The largest absolute Gasteiger partial charge is 0.480 e. The highest BCUT2D eigenvalue weighted by Crippen LogP contribution is 2.21. The monoisotopic (exact) mass is 337 g/mol. The van der Waals surface area contributed by atoms with Crippen molar-refractivity contribution in [2.75, 3.05) is 16.2 Å². The van der Waals surface area contributed by atoms with Gasteiger partial charge in [-0.3, -0.25) is 14.2 Å². The molecule has 0 radical (unpaired) electrons. The molecule has 2 heterocycles. The first-order valence-corrected chi connectivity index (χ1v) is 9.51. The molecule has 11 heteroatoms. The molecule has 0 atom stereocenters. The summed E-state index contributed by atoms with van der Waals surface area (Å²) in [6, 6.07) is 0. The first-order chi connectivity index (χ1) is 9.68. The van der Waals surface area contributed by atoms with Crippen molar-refractivity contribution in [3.63, 3.8) is 0 Å². The summed E-state index contributed by atoms with van der Waals surface area (Å²) in [7, 11) is -6.85. The number of nitrogens with one attached hydrogen (secondary N) is 1. The molecule has 9 nitrogen and oxygen atoms in total. The highest BCUT2D eigenvalue weighted by molar-refractivity contribution is 7.94. The molecule has 0 aliphatic carbocycles. The van der Waals surface area contributed by atoms with Crippen LogP contribution in [0.25, 0.3) is 0 Å². The van der Waals surface area contributed by atoms with Gasteiger partial charge in [0.2, 0.25) is 10.0 Å². The number of carbonyl (C=O) groups is 1. The Morgan fingerprint density at radius 3 is 2.62 bits per heavy atom. The number of sulfonamides is 1. The van der Waals surface area contributed by atoms with E-state index in [1.165, 1.54) is 12.4 Å². The van der Waals surface area contributed by atoms with Gasteiger partial charge in [-0.15, -0.1) is 0 Å². The number of rotatable bonds is 5. The van der Waals surface area contributed by atoms with E-state index in [-0.39, 0.29) is 36.6 Å². The topological polar surface area (TPSA) is 135 Å². The van der Waals surface area contributed by atoms with Crippen molar-refractivity contribution in [3.8, 4) is 0 Å². The van der Waals surface area contributed by atoms with Crippen molar-refractivity contribution < 1.29 is 26.7 Å². The fourth-order valence-electron chi connectivity index (χ4n) is 2.07. The van der Waals surface area contributed by atoms with Crippen LogP contribution in [-0.4, -0.2) is 54.4 Å². The maximum Gasteiger partial charge on any atom is 0.325 e. The van der Waals surface area contributed by atoms with E-state index in [2.05, 4.69) is 9.82 Å². The standard InChI is InChI=1S/C10H15N3O6S2/c14-10(15)7-13-6-8(5-11-13)12-21(18,19)9-1-3-20(16,17)4-2-9/h5-6,9,12H,1-4,7H2,(H,14,15). The maximum absolute atomic E-state index is 12.1. The predicted molar refractivity (Wildman–Crippen MR) is 74.1 cm³/mol. The van der Waals surface area contributed by atoms with Gasteiger partial charge < -0.3 is 5.11 Å². The Kier molecular flexibility index (Phi) is 4.23. The summed E-state index contributed by atoms with van der Waals surface area (Å²) in [6.45, 7) is -0.372. The second-order valence-corrected chi connectivity index (χ2v) is 9.08. The van der Waals surface area contributed by atoms with Crippen LogP contribution >= 0.6 is 0 Å².